The van der Waals surface area contributed by atoms with Crippen molar-refractivity contribution in [3.8, 4) is 0 Å². The first-order valence-corrected chi connectivity index (χ1v) is 6.84. The summed E-state index contributed by atoms with van der Waals surface area (Å²) in [5, 5.41) is 3.37. The summed E-state index contributed by atoms with van der Waals surface area (Å²) >= 11 is 0. The lowest BCUT2D eigenvalue weighted by Gasteiger charge is -2.24. The van der Waals surface area contributed by atoms with Crippen LogP contribution in [0.2, 0.25) is 0 Å². The average molecular weight is 241 g/mol. The maximum absolute atomic E-state index is 10.9. The van der Waals surface area contributed by atoms with E-state index < -0.39 is 0 Å². The molecule has 18 heavy (non-hydrogen) atoms. The molecule has 0 saturated heterocycles. The van der Waals surface area contributed by atoms with Crippen molar-refractivity contribution < 1.29 is 4.79 Å². The van der Waals surface area contributed by atoms with Gasteiger partial charge in [-0.15, -0.1) is 0 Å². The smallest absolute Gasteiger partial charge is 0.142 e. The summed E-state index contributed by atoms with van der Waals surface area (Å²) in [4.78, 5) is 10.9. The number of benzene rings is 1. The van der Waals surface area contributed by atoms with Gasteiger partial charge < -0.3 is 10.1 Å². The van der Waals surface area contributed by atoms with E-state index >= 15 is 0 Å². The summed E-state index contributed by atoms with van der Waals surface area (Å²) in [7, 11) is 0. The molecule has 0 spiro atoms. The molecular weight excluding hydrogens is 222 g/mol. The van der Waals surface area contributed by atoms with Crippen LogP contribution in [0.3, 0.4) is 0 Å². The van der Waals surface area contributed by atoms with Gasteiger partial charge in [-0.1, -0.05) is 30.3 Å². The van der Waals surface area contributed by atoms with Crippen molar-refractivity contribution in [2.75, 3.05) is 0 Å². The van der Waals surface area contributed by atoms with Gasteiger partial charge >= 0.3 is 0 Å². The van der Waals surface area contributed by atoms with Crippen molar-refractivity contribution >= 4 is 6.29 Å². The molecule has 0 bridgehead atoms. The largest absolute Gasteiger partial charge is 0.379 e. The molecule has 1 N–H and O–H groups in total. The Morgan fingerprint density at radius 1 is 1.28 bits per heavy atom. The topological polar surface area (TPSA) is 29.1 Å². The van der Waals surface area contributed by atoms with Crippen LogP contribution in [0.25, 0.3) is 0 Å². The van der Waals surface area contributed by atoms with E-state index in [9.17, 15) is 4.79 Å². The van der Waals surface area contributed by atoms with Gasteiger partial charge in [0.25, 0.3) is 0 Å². The lowest BCUT2D eigenvalue weighted by molar-refractivity contribution is -0.109. The van der Waals surface area contributed by atoms with Crippen LogP contribution in [0.4, 0.5) is 0 Å². The number of hydrogen-bond donors (Lipinski definition) is 1. The van der Waals surface area contributed by atoms with Crippen LogP contribution in [0, 0.1) is 5.92 Å². The van der Waals surface area contributed by atoms with E-state index in [0.29, 0.717) is 5.92 Å². The zero-order valence-electron chi connectivity index (χ0n) is 10.6. The lowest BCUT2D eigenvalue weighted by Crippen LogP contribution is -2.23. The second-order valence-corrected chi connectivity index (χ2v) is 5.37. The highest BCUT2D eigenvalue weighted by Gasteiger charge is 2.30. The molecule has 2 atom stereocenters. The highest BCUT2D eigenvalue weighted by Crippen LogP contribution is 2.37. The van der Waals surface area contributed by atoms with Crippen molar-refractivity contribution in [3.63, 3.8) is 0 Å². The Kier molecular flexibility index (Phi) is 3.18. The fourth-order valence-electron chi connectivity index (χ4n) is 3.28. The summed E-state index contributed by atoms with van der Waals surface area (Å²) < 4.78 is 0. The molecule has 94 valence electrons. The van der Waals surface area contributed by atoms with Crippen molar-refractivity contribution in [2.24, 2.45) is 5.92 Å². The average Bonchev–Trinajstić information content (AvgIpc) is 2.84. The van der Waals surface area contributed by atoms with Crippen LogP contribution >= 0.6 is 0 Å². The van der Waals surface area contributed by atoms with E-state index in [2.05, 4.69) is 35.6 Å². The minimum absolute atomic E-state index is 0.0337. The Morgan fingerprint density at radius 2 is 2.11 bits per heavy atom. The zero-order valence-corrected chi connectivity index (χ0v) is 10.6. The van der Waals surface area contributed by atoms with Crippen LogP contribution in [-0.4, -0.2) is 12.3 Å². The third-order valence-electron chi connectivity index (χ3n) is 4.15. The van der Waals surface area contributed by atoms with Gasteiger partial charge in [0.1, 0.15) is 6.29 Å². The first kappa shape index (κ1) is 11.5. The molecule has 2 unspecified atom stereocenters. The molecule has 1 heterocycles. The number of hydrogen-bond acceptors (Lipinski definition) is 2. The number of allylic oxidation sites excluding steroid dienone is 1. The highest BCUT2D eigenvalue weighted by molar-refractivity contribution is 5.61. The first-order chi connectivity index (χ1) is 8.86. The minimum Gasteiger partial charge on any atom is -0.379 e. The van der Waals surface area contributed by atoms with E-state index in [1.54, 1.807) is 0 Å². The molecular formula is C16H19NO. The predicted molar refractivity (Wildman–Crippen MR) is 72.1 cm³/mol. The third-order valence-corrected chi connectivity index (χ3v) is 4.15. The van der Waals surface area contributed by atoms with Crippen molar-refractivity contribution in [2.45, 2.75) is 38.1 Å². The molecule has 2 aliphatic rings. The lowest BCUT2D eigenvalue weighted by atomic mass is 9.81. The molecule has 0 fully saturated rings. The van der Waals surface area contributed by atoms with E-state index in [1.165, 1.54) is 29.7 Å². The number of nitrogens with one attached hydrogen (secondary N) is 1. The van der Waals surface area contributed by atoms with Gasteiger partial charge in [-0.2, -0.15) is 0 Å². The minimum atomic E-state index is 0.0337. The summed E-state index contributed by atoms with van der Waals surface area (Å²) in [6, 6.07) is 10.7. The van der Waals surface area contributed by atoms with Crippen LogP contribution < -0.4 is 5.32 Å². The quantitative estimate of drug-likeness (QED) is 0.824. The van der Waals surface area contributed by atoms with E-state index in [0.717, 1.165) is 25.5 Å². The van der Waals surface area contributed by atoms with E-state index in [-0.39, 0.29) is 6.04 Å². The summed E-state index contributed by atoms with van der Waals surface area (Å²) in [5.74, 6) is 0.633. The Labute approximate surface area is 108 Å². The van der Waals surface area contributed by atoms with Gasteiger partial charge in [-0.3, -0.25) is 0 Å². The zero-order chi connectivity index (χ0) is 12.4. The van der Waals surface area contributed by atoms with Gasteiger partial charge in [0.15, 0.2) is 0 Å². The molecule has 1 aromatic carbocycles. The summed E-state index contributed by atoms with van der Waals surface area (Å²) in [6.45, 7) is 0. The molecule has 0 radical (unpaired) electrons. The maximum Gasteiger partial charge on any atom is 0.142 e. The van der Waals surface area contributed by atoms with Gasteiger partial charge in [0.2, 0.25) is 0 Å². The Hall–Kier alpha value is -1.57. The van der Waals surface area contributed by atoms with Gasteiger partial charge in [0, 0.05) is 5.70 Å². The number of carbonyl (C=O) groups is 1. The fourth-order valence-corrected chi connectivity index (χ4v) is 3.28. The third kappa shape index (κ3) is 2.20. The predicted octanol–water partition coefficient (Wildman–Crippen LogP) is 2.84. The molecule has 0 saturated carbocycles. The first-order valence-electron chi connectivity index (χ1n) is 6.84. The Balaban J connectivity index is 1.76. The standard InChI is InChI=1S/C16H19NO/c18-11-14-10-15-13(7-4-8-16(15)17-14)9-12-5-2-1-3-6-12/h1-3,5-6,11,13-14,17H,4,7-10H2. The normalized spacial score (nSPS) is 26.7. The summed E-state index contributed by atoms with van der Waals surface area (Å²) in [5.41, 5.74) is 4.28. The molecule has 0 aromatic heterocycles. The fraction of sp³-hybridized carbons (Fsp3) is 0.438. The van der Waals surface area contributed by atoms with E-state index in [1.807, 2.05) is 0 Å². The highest BCUT2D eigenvalue weighted by atomic mass is 16.1. The van der Waals surface area contributed by atoms with Gasteiger partial charge in [-0.05, 0) is 49.2 Å². The van der Waals surface area contributed by atoms with E-state index in [4.69, 9.17) is 0 Å². The molecule has 1 aliphatic heterocycles. The van der Waals surface area contributed by atoms with Crippen molar-refractivity contribution in [3.05, 3.63) is 47.2 Å². The van der Waals surface area contributed by atoms with Crippen molar-refractivity contribution in [1.82, 2.24) is 5.32 Å². The SMILES string of the molecule is O=CC1CC2=C(CCCC2Cc2ccccc2)N1. The molecule has 3 rings (SSSR count). The van der Waals surface area contributed by atoms with Crippen LogP contribution in [0.5, 0.6) is 0 Å². The number of carbonyl (C=O) groups excluding carboxylic acids is 1. The monoisotopic (exact) mass is 241 g/mol. The van der Waals surface area contributed by atoms with Gasteiger partial charge in [-0.25, -0.2) is 0 Å². The number of aldehydes is 1. The molecule has 2 nitrogen and oxygen atoms in total. The molecule has 2 heteroatoms. The Morgan fingerprint density at radius 3 is 2.89 bits per heavy atom. The van der Waals surface area contributed by atoms with Crippen LogP contribution in [0.1, 0.15) is 31.2 Å². The second-order valence-electron chi connectivity index (χ2n) is 5.37. The Bertz CT molecular complexity index is 463. The molecule has 1 aliphatic carbocycles. The maximum atomic E-state index is 10.9. The van der Waals surface area contributed by atoms with Crippen LogP contribution in [0.15, 0.2) is 41.6 Å². The summed E-state index contributed by atoms with van der Waals surface area (Å²) in [6.07, 6.45) is 6.74. The van der Waals surface area contributed by atoms with Gasteiger partial charge in [0.05, 0.1) is 6.04 Å². The molecule has 0 amide bonds. The van der Waals surface area contributed by atoms with Crippen LogP contribution in [-0.2, 0) is 11.2 Å². The molecule has 1 aromatic rings. The number of rotatable bonds is 3. The van der Waals surface area contributed by atoms with Crippen molar-refractivity contribution in [1.29, 1.82) is 0 Å². The second kappa shape index (κ2) is 4.97.